The lowest BCUT2D eigenvalue weighted by Crippen LogP contribution is -2.31. The highest BCUT2D eigenvalue weighted by Gasteiger charge is 2.23. The molecule has 10 heteroatoms. The van der Waals surface area contributed by atoms with Gasteiger partial charge in [-0.15, -0.1) is 0 Å². The summed E-state index contributed by atoms with van der Waals surface area (Å²) in [5.41, 5.74) is 7.52. The molecule has 5 heterocycles. The molecule has 10 nitrogen and oxygen atoms in total. The van der Waals surface area contributed by atoms with Crippen LogP contribution in [0.5, 0.6) is 11.6 Å². The van der Waals surface area contributed by atoms with Crippen LogP contribution in [0.15, 0.2) is 102 Å². The van der Waals surface area contributed by atoms with Gasteiger partial charge in [0.05, 0.1) is 41.5 Å². The number of nitrogens with zero attached hydrogens (tertiary/aromatic N) is 4. The highest BCUT2D eigenvalue weighted by Crippen LogP contribution is 2.32. The normalized spacial score (nSPS) is 15.7. The van der Waals surface area contributed by atoms with Crippen molar-refractivity contribution in [3.8, 4) is 28.6 Å². The number of pyridine rings is 2. The van der Waals surface area contributed by atoms with Crippen LogP contribution in [0.25, 0.3) is 28.0 Å². The Hall–Kier alpha value is -5.74. The van der Waals surface area contributed by atoms with Crippen LogP contribution in [-0.4, -0.2) is 49.5 Å². The first kappa shape index (κ1) is 30.6. The van der Waals surface area contributed by atoms with Crippen LogP contribution in [-0.2, 0) is 30.7 Å². The summed E-state index contributed by atoms with van der Waals surface area (Å²) in [6.07, 6.45) is 6.58. The molecule has 0 aliphatic carbocycles. The largest absolute Gasteiger partial charge is 0.493 e. The van der Waals surface area contributed by atoms with Gasteiger partial charge in [-0.05, 0) is 72.9 Å². The van der Waals surface area contributed by atoms with Crippen molar-refractivity contribution in [1.82, 2.24) is 19.1 Å². The van der Waals surface area contributed by atoms with Crippen LogP contribution in [0.4, 0.5) is 0 Å². The first-order valence-electron chi connectivity index (χ1n) is 16.5. The van der Waals surface area contributed by atoms with Gasteiger partial charge in [-0.2, -0.15) is 0 Å². The Balaban J connectivity index is 1.13. The lowest BCUT2D eigenvalue weighted by molar-refractivity contribution is -0.0589. The van der Waals surface area contributed by atoms with Crippen LogP contribution in [0.1, 0.15) is 45.7 Å². The Kier molecular flexibility index (Phi) is 8.14. The number of aryl methyl sites for hydroxylation is 1. The van der Waals surface area contributed by atoms with Crippen LogP contribution >= 0.6 is 0 Å². The van der Waals surface area contributed by atoms with Crippen molar-refractivity contribution in [3.63, 3.8) is 0 Å². The zero-order chi connectivity index (χ0) is 33.3. The minimum absolute atomic E-state index is 0.0322. The minimum Gasteiger partial charge on any atom is -0.493 e. The quantitative estimate of drug-likeness (QED) is 0.225. The molecular formula is C39H34N4O6. The molecule has 0 spiro atoms. The number of aromatic nitrogens is 4. The number of benzene rings is 3. The fraction of sp³-hybridized carbons (Fsp3) is 0.231. The molecule has 1 saturated heterocycles. The van der Waals surface area contributed by atoms with Gasteiger partial charge in [0, 0.05) is 60.4 Å². The number of rotatable bonds is 6. The van der Waals surface area contributed by atoms with Crippen molar-refractivity contribution in [2.24, 2.45) is 0 Å². The second-order valence-corrected chi connectivity index (χ2v) is 12.4. The number of fused-ring (bicyclic) bond motifs is 7. The molecule has 1 atom stereocenters. The SMILES string of the molecule is O=C(O)c1ccc2nc(Cc3ccc4cc3OCCCc3cc(-n5ccc(=O)cc5)ccc3COc3cccc-4n3)n(CC3CCO3)c2c1. The molecule has 49 heavy (non-hydrogen) atoms. The topological polar surface area (TPSA) is 118 Å². The predicted molar refractivity (Wildman–Crippen MR) is 184 cm³/mol. The van der Waals surface area contributed by atoms with Crippen molar-refractivity contribution in [3.05, 3.63) is 136 Å². The van der Waals surface area contributed by atoms with Crippen molar-refractivity contribution in [1.29, 1.82) is 0 Å². The fourth-order valence-corrected chi connectivity index (χ4v) is 6.42. The van der Waals surface area contributed by atoms with E-state index in [9.17, 15) is 14.7 Å². The minimum atomic E-state index is -0.972. The van der Waals surface area contributed by atoms with E-state index in [1.54, 1.807) is 42.7 Å². The number of aromatic carboxylic acids is 1. The Morgan fingerprint density at radius 1 is 0.898 bits per heavy atom. The fourth-order valence-electron chi connectivity index (χ4n) is 6.42. The molecule has 2 aliphatic heterocycles. The van der Waals surface area contributed by atoms with E-state index < -0.39 is 5.97 Å². The summed E-state index contributed by atoms with van der Waals surface area (Å²) in [5.74, 6) is 1.12. The molecule has 6 aromatic rings. The Labute approximate surface area is 282 Å². The number of carboxylic acids is 1. The summed E-state index contributed by atoms with van der Waals surface area (Å²) in [5, 5.41) is 9.66. The summed E-state index contributed by atoms with van der Waals surface area (Å²) in [4.78, 5) is 33.3. The zero-order valence-corrected chi connectivity index (χ0v) is 26.7. The van der Waals surface area contributed by atoms with Crippen molar-refractivity contribution in [2.45, 2.75) is 44.9 Å². The molecule has 0 amide bonds. The molecule has 4 bridgehead atoms. The molecule has 1 fully saturated rings. The van der Waals surface area contributed by atoms with E-state index in [1.807, 2.05) is 41.0 Å². The smallest absolute Gasteiger partial charge is 0.335 e. The monoisotopic (exact) mass is 654 g/mol. The van der Waals surface area contributed by atoms with Crippen molar-refractivity contribution >= 4 is 17.0 Å². The van der Waals surface area contributed by atoms with Gasteiger partial charge in [0.15, 0.2) is 5.43 Å². The van der Waals surface area contributed by atoms with E-state index in [4.69, 9.17) is 24.2 Å². The number of ether oxygens (including phenoxy) is 3. The standard InChI is InChI=1S/C39H34N4O6/c44-31-12-15-42(16-13-31)30-10-8-29-24-49-38-5-1-4-33(41-38)26-6-7-27(36(21-26)48-17-2-3-25(29)19-30)22-37-40-34-11-9-28(39(45)46)20-35(34)43(37)23-32-14-18-47-32/h1,4-13,15-16,19-21,32H,2-3,14,17-18,22-24H2,(H,45,46). The molecule has 1 N–H and O–H groups in total. The maximum absolute atomic E-state index is 11.8. The van der Waals surface area contributed by atoms with Gasteiger partial charge in [-0.25, -0.2) is 14.8 Å². The van der Waals surface area contributed by atoms with Crippen LogP contribution in [0, 0.1) is 0 Å². The highest BCUT2D eigenvalue weighted by molar-refractivity contribution is 5.92. The van der Waals surface area contributed by atoms with Gasteiger partial charge in [-0.1, -0.05) is 24.3 Å². The predicted octanol–water partition coefficient (Wildman–Crippen LogP) is 6.23. The molecule has 8 rings (SSSR count). The third kappa shape index (κ3) is 6.42. The van der Waals surface area contributed by atoms with Gasteiger partial charge in [0.1, 0.15) is 18.2 Å². The van der Waals surface area contributed by atoms with Gasteiger partial charge in [-0.3, -0.25) is 4.79 Å². The van der Waals surface area contributed by atoms with E-state index in [2.05, 4.69) is 22.8 Å². The molecule has 246 valence electrons. The van der Waals surface area contributed by atoms with E-state index in [1.165, 1.54) is 0 Å². The number of imidazole rings is 1. The molecular weight excluding hydrogens is 620 g/mol. The molecule has 0 radical (unpaired) electrons. The van der Waals surface area contributed by atoms with E-state index in [0.717, 1.165) is 82.1 Å². The van der Waals surface area contributed by atoms with Gasteiger partial charge < -0.3 is 28.5 Å². The van der Waals surface area contributed by atoms with E-state index in [0.29, 0.717) is 32.1 Å². The molecule has 2 aliphatic rings. The average Bonchev–Trinajstić information content (AvgIpc) is 3.44. The van der Waals surface area contributed by atoms with Gasteiger partial charge >= 0.3 is 5.97 Å². The van der Waals surface area contributed by atoms with Gasteiger partial charge in [0.2, 0.25) is 5.88 Å². The summed E-state index contributed by atoms with van der Waals surface area (Å²) >= 11 is 0. The number of carbonyl (C=O) groups is 1. The maximum Gasteiger partial charge on any atom is 0.335 e. The number of hydrogen-bond donors (Lipinski definition) is 1. The number of hydrogen-bond acceptors (Lipinski definition) is 7. The summed E-state index contributed by atoms with van der Waals surface area (Å²) in [6.45, 7) is 2.19. The van der Waals surface area contributed by atoms with Crippen LogP contribution in [0.3, 0.4) is 0 Å². The van der Waals surface area contributed by atoms with E-state index in [-0.39, 0.29) is 17.1 Å². The zero-order valence-electron chi connectivity index (χ0n) is 26.7. The first-order valence-corrected chi connectivity index (χ1v) is 16.5. The third-order valence-corrected chi connectivity index (χ3v) is 9.20. The molecule has 0 saturated carbocycles. The van der Waals surface area contributed by atoms with E-state index >= 15 is 0 Å². The molecule has 3 aromatic heterocycles. The highest BCUT2D eigenvalue weighted by atomic mass is 16.5. The molecule has 1 unspecified atom stereocenters. The van der Waals surface area contributed by atoms with Crippen LogP contribution in [0.2, 0.25) is 0 Å². The summed E-state index contributed by atoms with van der Waals surface area (Å²) < 4.78 is 22.6. The summed E-state index contributed by atoms with van der Waals surface area (Å²) in [6, 6.07) is 26.3. The van der Waals surface area contributed by atoms with Crippen LogP contribution < -0.4 is 14.9 Å². The van der Waals surface area contributed by atoms with Gasteiger partial charge in [0.25, 0.3) is 0 Å². The second-order valence-electron chi connectivity index (χ2n) is 12.4. The maximum atomic E-state index is 11.8. The second kappa shape index (κ2) is 13.0. The third-order valence-electron chi connectivity index (χ3n) is 9.20. The first-order chi connectivity index (χ1) is 24.0. The average molecular weight is 655 g/mol. The van der Waals surface area contributed by atoms with Crippen molar-refractivity contribution in [2.75, 3.05) is 13.2 Å². The lowest BCUT2D eigenvalue weighted by atomic mass is 10.0. The summed E-state index contributed by atoms with van der Waals surface area (Å²) in [7, 11) is 0. The Morgan fingerprint density at radius 2 is 1.78 bits per heavy atom. The van der Waals surface area contributed by atoms with Crippen molar-refractivity contribution < 1.29 is 24.1 Å². The Bertz CT molecular complexity index is 2230. The Morgan fingerprint density at radius 3 is 2.59 bits per heavy atom. The number of carboxylic acid groups (broad SMARTS) is 1. The lowest BCUT2D eigenvalue weighted by Gasteiger charge is -2.27. The molecule has 3 aromatic carbocycles.